The van der Waals surface area contributed by atoms with Gasteiger partial charge in [0.25, 0.3) is 0 Å². The molecule has 1 saturated heterocycles. The van der Waals surface area contributed by atoms with Crippen molar-refractivity contribution in [1.29, 1.82) is 0 Å². The number of carbonyl (C=O) groups is 2. The van der Waals surface area contributed by atoms with Crippen LogP contribution in [-0.2, 0) is 32.9 Å². The van der Waals surface area contributed by atoms with Crippen LogP contribution in [0.15, 0.2) is 36.7 Å². The first-order chi connectivity index (χ1) is 20.4. The third-order valence-electron chi connectivity index (χ3n) is 6.40. The van der Waals surface area contributed by atoms with Crippen molar-refractivity contribution in [3.05, 3.63) is 36.7 Å². The SMILES string of the molecule is CCOc1nc(N)nc2c1ncn2[C@@H]1O[C@H](COP(=O)(N[C@@H](C)C(=O)OC(C)C)Oc2ccccc2)[C@@H](C)[C@H]1OC(C)=O. The number of esters is 2. The molecule has 3 aromatic rings. The number of fused-ring (bicyclic) bond motifs is 1. The minimum absolute atomic E-state index is 0.0390. The maximum Gasteiger partial charge on any atom is 0.459 e. The number of nitrogens with one attached hydrogen (secondary N) is 1. The van der Waals surface area contributed by atoms with Crippen molar-refractivity contribution in [3.63, 3.8) is 0 Å². The highest BCUT2D eigenvalue weighted by atomic mass is 31.2. The van der Waals surface area contributed by atoms with Gasteiger partial charge in [0.1, 0.15) is 11.8 Å². The summed E-state index contributed by atoms with van der Waals surface area (Å²) in [4.78, 5) is 37.4. The normalized spacial score (nSPS) is 22.2. The third-order valence-corrected chi connectivity index (χ3v) is 8.04. The van der Waals surface area contributed by atoms with Gasteiger partial charge in [-0.05, 0) is 39.8 Å². The Morgan fingerprint density at radius 1 is 1.19 bits per heavy atom. The highest BCUT2D eigenvalue weighted by Gasteiger charge is 2.47. The van der Waals surface area contributed by atoms with Crippen molar-refractivity contribution in [2.75, 3.05) is 18.9 Å². The second kappa shape index (κ2) is 13.7. The van der Waals surface area contributed by atoms with E-state index in [1.54, 1.807) is 62.6 Å². The second-order valence-corrected chi connectivity index (χ2v) is 11.9. The van der Waals surface area contributed by atoms with Gasteiger partial charge in [0.05, 0.1) is 31.7 Å². The van der Waals surface area contributed by atoms with E-state index in [1.807, 2.05) is 0 Å². The summed E-state index contributed by atoms with van der Waals surface area (Å²) < 4.78 is 49.9. The average Bonchev–Trinajstić information content (AvgIpc) is 3.48. The molecule has 2 aromatic heterocycles. The Bertz CT molecular complexity index is 1470. The van der Waals surface area contributed by atoms with Gasteiger partial charge in [-0.2, -0.15) is 15.1 Å². The lowest BCUT2D eigenvalue weighted by Crippen LogP contribution is -2.37. The number of hydrogen-bond acceptors (Lipinski definition) is 13. The van der Waals surface area contributed by atoms with Gasteiger partial charge in [0.2, 0.25) is 11.8 Å². The fourth-order valence-electron chi connectivity index (χ4n) is 4.46. The summed E-state index contributed by atoms with van der Waals surface area (Å²) in [6.07, 6.45) is -1.36. The summed E-state index contributed by atoms with van der Waals surface area (Å²) in [5.41, 5.74) is 6.58. The number of rotatable bonds is 13. The Hall–Kier alpha value is -3.78. The van der Waals surface area contributed by atoms with Crippen molar-refractivity contribution in [2.24, 2.45) is 5.92 Å². The molecule has 1 unspecified atom stereocenters. The van der Waals surface area contributed by atoms with Gasteiger partial charge >= 0.3 is 19.7 Å². The monoisotopic (exact) mass is 620 g/mol. The van der Waals surface area contributed by atoms with E-state index >= 15 is 0 Å². The molecule has 0 amide bonds. The molecule has 1 aliphatic heterocycles. The number of hydrogen-bond donors (Lipinski definition) is 2. The molecule has 0 radical (unpaired) electrons. The van der Waals surface area contributed by atoms with Crippen LogP contribution in [0.3, 0.4) is 0 Å². The molecule has 3 heterocycles. The molecule has 234 valence electrons. The topological polar surface area (TPSA) is 188 Å². The van der Waals surface area contributed by atoms with E-state index < -0.39 is 50.1 Å². The number of nitrogens with two attached hydrogens (primary N) is 1. The quantitative estimate of drug-likeness (QED) is 0.209. The summed E-state index contributed by atoms with van der Waals surface area (Å²) in [7, 11) is -4.17. The highest BCUT2D eigenvalue weighted by Crippen LogP contribution is 2.47. The zero-order valence-electron chi connectivity index (χ0n) is 24.8. The molecule has 0 bridgehead atoms. The molecule has 0 spiro atoms. The molecule has 1 aromatic carbocycles. The number of aromatic nitrogens is 4. The maximum absolute atomic E-state index is 14.0. The van der Waals surface area contributed by atoms with Gasteiger partial charge in [0.15, 0.2) is 23.5 Å². The van der Waals surface area contributed by atoms with Crippen LogP contribution in [0.25, 0.3) is 11.2 Å². The van der Waals surface area contributed by atoms with Gasteiger partial charge in [-0.15, -0.1) is 0 Å². The number of imidazole rings is 1. The Morgan fingerprint density at radius 2 is 1.91 bits per heavy atom. The first kappa shape index (κ1) is 32.1. The molecule has 0 saturated carbocycles. The smallest absolute Gasteiger partial charge is 0.459 e. The van der Waals surface area contributed by atoms with Crippen molar-refractivity contribution in [2.45, 2.75) is 72.1 Å². The van der Waals surface area contributed by atoms with Crippen LogP contribution >= 0.6 is 7.75 Å². The molecular formula is C27H37N6O9P. The standard InChI is InChI=1S/C27H37N6O9P/c1-7-37-24-21-23(30-27(28)31-24)33(14-29-21)25-22(40-18(6)34)16(4)20(41-25)13-38-43(36,42-19-11-9-8-10-12-19)32-17(5)26(35)39-15(2)3/h8-12,14-17,20,22,25H,7,13H2,1-6H3,(H,32,36)(H2,28,30,31)/t16-,17+,20-,22-,25-,43?/m1/s1. The fourth-order valence-corrected chi connectivity index (χ4v) is 5.96. The molecule has 1 aliphatic rings. The van der Waals surface area contributed by atoms with Gasteiger partial charge in [-0.3, -0.25) is 18.7 Å². The van der Waals surface area contributed by atoms with Crippen molar-refractivity contribution in [1.82, 2.24) is 24.6 Å². The van der Waals surface area contributed by atoms with Gasteiger partial charge in [0, 0.05) is 12.8 Å². The summed E-state index contributed by atoms with van der Waals surface area (Å²) in [5, 5.41) is 2.65. The first-order valence-corrected chi connectivity index (χ1v) is 15.4. The molecule has 3 N–H and O–H groups in total. The zero-order chi connectivity index (χ0) is 31.3. The Labute approximate surface area is 248 Å². The summed E-state index contributed by atoms with van der Waals surface area (Å²) in [5.74, 6) is -1.19. The largest absolute Gasteiger partial charge is 0.476 e. The number of anilines is 1. The highest BCUT2D eigenvalue weighted by molar-refractivity contribution is 7.52. The van der Waals surface area contributed by atoms with Crippen LogP contribution in [0.1, 0.15) is 47.8 Å². The molecule has 6 atom stereocenters. The number of nitrogens with zero attached hydrogens (tertiary/aromatic N) is 4. The van der Waals surface area contributed by atoms with Gasteiger partial charge in [-0.1, -0.05) is 25.1 Å². The number of para-hydroxylation sites is 1. The number of ether oxygens (including phenoxy) is 4. The van der Waals surface area contributed by atoms with Crippen LogP contribution < -0.4 is 20.1 Å². The fraction of sp³-hybridized carbons (Fsp3) is 0.519. The Kier molecular flexibility index (Phi) is 10.2. The molecule has 1 fully saturated rings. The summed E-state index contributed by atoms with van der Waals surface area (Å²) in [6.45, 7) is 9.86. The number of benzene rings is 1. The summed E-state index contributed by atoms with van der Waals surface area (Å²) in [6, 6.07) is 7.36. The van der Waals surface area contributed by atoms with Crippen LogP contribution in [0.4, 0.5) is 5.95 Å². The van der Waals surface area contributed by atoms with Crippen molar-refractivity contribution < 1.29 is 42.1 Å². The predicted octanol–water partition coefficient (Wildman–Crippen LogP) is 3.41. The third kappa shape index (κ3) is 7.79. The lowest BCUT2D eigenvalue weighted by molar-refractivity contribution is -0.153. The Morgan fingerprint density at radius 3 is 2.56 bits per heavy atom. The number of carbonyl (C=O) groups excluding carboxylic acids is 2. The lowest BCUT2D eigenvalue weighted by Gasteiger charge is -2.25. The second-order valence-electron chi connectivity index (χ2n) is 10.2. The van der Waals surface area contributed by atoms with E-state index in [4.69, 9.17) is 33.7 Å². The zero-order valence-corrected chi connectivity index (χ0v) is 25.7. The van der Waals surface area contributed by atoms with E-state index in [1.165, 1.54) is 20.2 Å². The molecule has 16 heteroatoms. The lowest BCUT2D eigenvalue weighted by atomic mass is 10.0. The van der Waals surface area contributed by atoms with Crippen LogP contribution in [0.2, 0.25) is 0 Å². The van der Waals surface area contributed by atoms with E-state index in [9.17, 15) is 14.2 Å². The van der Waals surface area contributed by atoms with E-state index in [2.05, 4.69) is 20.0 Å². The van der Waals surface area contributed by atoms with E-state index in [0.717, 1.165) is 0 Å². The molecular weight excluding hydrogens is 583 g/mol. The average molecular weight is 621 g/mol. The molecule has 4 rings (SSSR count). The predicted molar refractivity (Wildman–Crippen MR) is 154 cm³/mol. The van der Waals surface area contributed by atoms with E-state index in [-0.39, 0.29) is 30.3 Å². The molecule has 0 aliphatic carbocycles. The van der Waals surface area contributed by atoms with Crippen molar-refractivity contribution >= 4 is 36.8 Å². The van der Waals surface area contributed by atoms with Crippen LogP contribution in [-0.4, -0.2) is 69.0 Å². The Balaban J connectivity index is 1.60. The van der Waals surface area contributed by atoms with Crippen LogP contribution in [0, 0.1) is 5.92 Å². The van der Waals surface area contributed by atoms with E-state index in [0.29, 0.717) is 17.8 Å². The van der Waals surface area contributed by atoms with Gasteiger partial charge in [-0.25, -0.2) is 9.55 Å². The maximum atomic E-state index is 14.0. The minimum Gasteiger partial charge on any atom is -0.476 e. The number of nitrogen functional groups attached to an aromatic ring is 1. The molecule has 15 nitrogen and oxygen atoms in total. The van der Waals surface area contributed by atoms with Crippen molar-refractivity contribution in [3.8, 4) is 11.6 Å². The van der Waals surface area contributed by atoms with Crippen LogP contribution in [0.5, 0.6) is 11.6 Å². The molecule has 43 heavy (non-hydrogen) atoms. The first-order valence-electron chi connectivity index (χ1n) is 13.8. The summed E-state index contributed by atoms with van der Waals surface area (Å²) >= 11 is 0. The minimum atomic E-state index is -4.17. The van der Waals surface area contributed by atoms with Gasteiger partial charge < -0.3 is 29.2 Å².